The van der Waals surface area contributed by atoms with E-state index < -0.39 is 0 Å². The molecule has 26 heavy (non-hydrogen) atoms. The number of carbonyl (C=O) groups is 2. The summed E-state index contributed by atoms with van der Waals surface area (Å²) >= 11 is 0. The molecule has 0 aromatic rings. The molecule has 5 heteroatoms. The van der Waals surface area contributed by atoms with Crippen LogP contribution in [0.3, 0.4) is 0 Å². The molecule has 1 rings (SSSR count). The maximum atomic E-state index is 11.9. The first-order chi connectivity index (χ1) is 12.4. The molecule has 0 fully saturated rings. The van der Waals surface area contributed by atoms with Crippen LogP contribution < -0.4 is 0 Å². The number of hydrogen-bond acceptors (Lipinski definition) is 5. The molecule has 0 amide bonds. The van der Waals surface area contributed by atoms with Crippen molar-refractivity contribution in [2.75, 3.05) is 26.4 Å². The van der Waals surface area contributed by atoms with Crippen molar-refractivity contribution in [3.8, 4) is 0 Å². The van der Waals surface area contributed by atoms with Gasteiger partial charge in [-0.15, -0.1) is 0 Å². The normalized spacial score (nSPS) is 19.4. The Kier molecular flexibility index (Phi) is 11.5. The lowest BCUT2D eigenvalue weighted by molar-refractivity contribution is -0.150. The number of hydrogen-bond donors (Lipinski definition) is 0. The Morgan fingerprint density at radius 1 is 0.923 bits per heavy atom. The highest BCUT2D eigenvalue weighted by Crippen LogP contribution is 2.17. The molecule has 5 nitrogen and oxygen atoms in total. The van der Waals surface area contributed by atoms with Crippen molar-refractivity contribution < 1.29 is 23.8 Å². The SMILES string of the molecule is CC(C)(C)C(=O)CCOCCOCCCC(=O)OC1CC/C=C/CCC1. The van der Waals surface area contributed by atoms with Crippen molar-refractivity contribution in [1.29, 1.82) is 0 Å². The van der Waals surface area contributed by atoms with Crippen LogP contribution in [0.2, 0.25) is 0 Å². The van der Waals surface area contributed by atoms with Crippen LogP contribution in [-0.2, 0) is 23.8 Å². The summed E-state index contributed by atoms with van der Waals surface area (Å²) in [7, 11) is 0. The van der Waals surface area contributed by atoms with Gasteiger partial charge < -0.3 is 14.2 Å². The lowest BCUT2D eigenvalue weighted by Gasteiger charge is -2.18. The molecule has 0 saturated heterocycles. The Bertz CT molecular complexity index is 436. The molecule has 0 bridgehead atoms. The average Bonchev–Trinajstić information content (AvgIpc) is 2.54. The number of ether oxygens (including phenoxy) is 3. The topological polar surface area (TPSA) is 61.8 Å². The van der Waals surface area contributed by atoms with Gasteiger partial charge in [-0.1, -0.05) is 32.9 Å². The monoisotopic (exact) mass is 368 g/mol. The highest BCUT2D eigenvalue weighted by Gasteiger charge is 2.20. The van der Waals surface area contributed by atoms with E-state index in [4.69, 9.17) is 14.2 Å². The van der Waals surface area contributed by atoms with Gasteiger partial charge in [-0.25, -0.2) is 0 Å². The number of rotatable bonds is 11. The smallest absolute Gasteiger partial charge is 0.306 e. The largest absolute Gasteiger partial charge is 0.462 e. The highest BCUT2D eigenvalue weighted by atomic mass is 16.5. The predicted molar refractivity (Wildman–Crippen MR) is 102 cm³/mol. The van der Waals surface area contributed by atoms with Gasteiger partial charge in [0.2, 0.25) is 0 Å². The van der Waals surface area contributed by atoms with Gasteiger partial charge in [0.05, 0.1) is 19.8 Å². The first-order valence-electron chi connectivity index (χ1n) is 9.93. The molecule has 150 valence electrons. The molecule has 0 aromatic heterocycles. The molecule has 1 aliphatic carbocycles. The fourth-order valence-electron chi connectivity index (χ4n) is 2.67. The highest BCUT2D eigenvalue weighted by molar-refractivity contribution is 5.83. The number of carbonyl (C=O) groups excluding carboxylic acids is 2. The van der Waals surface area contributed by atoms with E-state index in [2.05, 4.69) is 12.2 Å². The van der Waals surface area contributed by atoms with Crippen LogP contribution in [-0.4, -0.2) is 44.3 Å². The van der Waals surface area contributed by atoms with E-state index in [0.29, 0.717) is 45.7 Å². The third-order valence-electron chi connectivity index (χ3n) is 4.37. The first-order valence-corrected chi connectivity index (χ1v) is 9.93. The molecule has 0 aliphatic heterocycles. The van der Waals surface area contributed by atoms with Crippen LogP contribution in [0.5, 0.6) is 0 Å². The summed E-state index contributed by atoms with van der Waals surface area (Å²) in [6.07, 6.45) is 11.0. The minimum atomic E-state index is -0.304. The molecule has 0 aromatic carbocycles. The third kappa shape index (κ3) is 11.4. The maximum Gasteiger partial charge on any atom is 0.306 e. The number of ketones is 1. The average molecular weight is 369 g/mol. The van der Waals surface area contributed by atoms with Crippen molar-refractivity contribution in [3.63, 3.8) is 0 Å². The number of Topliss-reactive ketones (excluding diaryl/α,β-unsaturated/α-hetero) is 1. The second-order valence-corrected chi connectivity index (χ2v) is 7.84. The summed E-state index contributed by atoms with van der Waals surface area (Å²) in [5.74, 6) is 0.0809. The van der Waals surface area contributed by atoms with Gasteiger partial charge in [0, 0.05) is 24.9 Å². The molecule has 0 heterocycles. The van der Waals surface area contributed by atoms with E-state index in [1.54, 1.807) is 0 Å². The summed E-state index contributed by atoms with van der Waals surface area (Å²) in [6, 6.07) is 0. The van der Waals surface area contributed by atoms with Crippen LogP contribution in [0.15, 0.2) is 12.2 Å². The zero-order valence-corrected chi connectivity index (χ0v) is 16.8. The van der Waals surface area contributed by atoms with Gasteiger partial charge in [-0.3, -0.25) is 9.59 Å². The van der Waals surface area contributed by atoms with Gasteiger partial charge in [0.25, 0.3) is 0 Å². The van der Waals surface area contributed by atoms with E-state index in [1.165, 1.54) is 0 Å². The molecule has 1 unspecified atom stereocenters. The molecule has 0 radical (unpaired) electrons. The summed E-state index contributed by atoms with van der Waals surface area (Å²) in [5, 5.41) is 0. The van der Waals surface area contributed by atoms with Gasteiger partial charge in [0.1, 0.15) is 11.9 Å². The van der Waals surface area contributed by atoms with E-state index in [-0.39, 0.29) is 23.3 Å². The summed E-state index contributed by atoms with van der Waals surface area (Å²) in [4.78, 5) is 23.6. The third-order valence-corrected chi connectivity index (χ3v) is 4.37. The number of allylic oxidation sites excluding steroid dienone is 2. The van der Waals surface area contributed by atoms with E-state index in [0.717, 1.165) is 32.1 Å². The van der Waals surface area contributed by atoms with Gasteiger partial charge >= 0.3 is 5.97 Å². The van der Waals surface area contributed by atoms with Crippen molar-refractivity contribution in [3.05, 3.63) is 12.2 Å². The molecule has 1 aliphatic rings. The van der Waals surface area contributed by atoms with Crippen LogP contribution in [0.1, 0.15) is 72.1 Å². The van der Waals surface area contributed by atoms with Crippen molar-refractivity contribution in [2.24, 2.45) is 5.41 Å². The lowest BCUT2D eigenvalue weighted by Crippen LogP contribution is -2.21. The summed E-state index contributed by atoms with van der Waals surface area (Å²) in [6.45, 7) is 7.65. The summed E-state index contributed by atoms with van der Waals surface area (Å²) in [5.41, 5.74) is -0.304. The van der Waals surface area contributed by atoms with Gasteiger partial charge in [0.15, 0.2) is 0 Å². The zero-order valence-electron chi connectivity index (χ0n) is 16.8. The summed E-state index contributed by atoms with van der Waals surface area (Å²) < 4.78 is 16.4. The minimum absolute atomic E-state index is 0.0672. The van der Waals surface area contributed by atoms with E-state index >= 15 is 0 Å². The predicted octanol–water partition coefficient (Wildman–Crippen LogP) is 4.24. The Balaban J connectivity index is 1.94. The van der Waals surface area contributed by atoms with Gasteiger partial charge in [-0.2, -0.15) is 0 Å². The fraction of sp³-hybridized carbons (Fsp3) is 0.810. The van der Waals surface area contributed by atoms with E-state index in [1.807, 2.05) is 20.8 Å². The van der Waals surface area contributed by atoms with Crippen LogP contribution in [0.25, 0.3) is 0 Å². The quantitative estimate of drug-likeness (QED) is 0.310. The molecular weight excluding hydrogens is 332 g/mol. The Labute approximate surface area is 158 Å². The van der Waals surface area contributed by atoms with Crippen molar-refractivity contribution in [1.82, 2.24) is 0 Å². The molecular formula is C21H36O5. The van der Waals surface area contributed by atoms with Crippen molar-refractivity contribution in [2.45, 2.75) is 78.2 Å². The van der Waals surface area contributed by atoms with Crippen molar-refractivity contribution >= 4 is 11.8 Å². The van der Waals surface area contributed by atoms with Crippen LogP contribution in [0.4, 0.5) is 0 Å². The minimum Gasteiger partial charge on any atom is -0.462 e. The first kappa shape index (κ1) is 22.8. The zero-order chi connectivity index (χ0) is 19.3. The van der Waals surface area contributed by atoms with Crippen LogP contribution >= 0.6 is 0 Å². The molecule has 1 atom stereocenters. The Morgan fingerprint density at radius 3 is 2.35 bits per heavy atom. The fourth-order valence-corrected chi connectivity index (χ4v) is 2.67. The van der Waals surface area contributed by atoms with Crippen LogP contribution in [0, 0.1) is 5.41 Å². The molecule has 0 spiro atoms. The molecule has 0 saturated carbocycles. The van der Waals surface area contributed by atoms with E-state index in [9.17, 15) is 9.59 Å². The number of esters is 1. The molecule has 0 N–H and O–H groups in total. The maximum absolute atomic E-state index is 11.9. The second-order valence-electron chi connectivity index (χ2n) is 7.84. The Hall–Kier alpha value is -1.20. The second kappa shape index (κ2) is 13.0. The lowest BCUT2D eigenvalue weighted by atomic mass is 9.89. The Morgan fingerprint density at radius 2 is 1.62 bits per heavy atom. The van der Waals surface area contributed by atoms with Gasteiger partial charge in [-0.05, 0) is 38.5 Å². The standard InChI is InChI=1S/C21H36O5/c1-21(2,3)19(22)13-15-25-17-16-24-14-9-12-20(23)26-18-10-7-5-4-6-8-11-18/h4-5,18H,6-17H2,1-3H3/b5-4+.